The van der Waals surface area contributed by atoms with Gasteiger partial charge in [-0.05, 0) is 30.2 Å². The van der Waals surface area contributed by atoms with Crippen molar-refractivity contribution in [3.05, 3.63) is 48.0 Å². The van der Waals surface area contributed by atoms with Gasteiger partial charge in [0.05, 0.1) is 18.9 Å². The number of esters is 1. The number of phenolic OH excluding ortho intramolecular Hbond substituents is 1. The Morgan fingerprint density at radius 1 is 1.09 bits per heavy atom. The lowest BCUT2D eigenvalue weighted by molar-refractivity contribution is -0.147. The largest absolute Gasteiger partial charge is 0.508 e. The molecule has 0 aliphatic carbocycles. The molecule has 2 aromatic rings. The molecular weight excluding hydrogens is 464 g/mol. The van der Waals surface area contributed by atoms with Crippen LogP contribution in [0.15, 0.2) is 57.2 Å². The Labute approximate surface area is 211 Å². The monoisotopic (exact) mass is 498 g/mol. The van der Waals surface area contributed by atoms with E-state index in [1.165, 1.54) is 0 Å². The minimum absolute atomic E-state index is 0.0569. The standard InChI is InChI=1S/C26H34N4O4S/c1-18(2)24(27)26(32)34-16-15-33-14-13-29-9-11-30(12-10-29)25-20-5-3-4-6-22(20)35-23-17-19(31)7-8-21(23)28-25/h3-8,17-18,24,31H,9-16,27H2,1-2H3/t24-/m1/s1. The molecule has 1 atom stereocenters. The molecule has 9 heteroatoms. The smallest absolute Gasteiger partial charge is 0.323 e. The third-order valence-electron chi connectivity index (χ3n) is 6.20. The van der Waals surface area contributed by atoms with E-state index in [1.54, 1.807) is 23.9 Å². The van der Waals surface area contributed by atoms with E-state index in [4.69, 9.17) is 20.2 Å². The maximum atomic E-state index is 11.8. The van der Waals surface area contributed by atoms with Crippen molar-refractivity contribution >= 4 is 29.3 Å². The molecular formula is C26H34N4O4S. The Bertz CT molecular complexity index is 1050. The third-order valence-corrected chi connectivity index (χ3v) is 7.33. The van der Waals surface area contributed by atoms with Crippen LogP contribution in [0.1, 0.15) is 19.4 Å². The minimum atomic E-state index is -0.587. The van der Waals surface area contributed by atoms with Crippen molar-refractivity contribution in [2.45, 2.75) is 29.7 Å². The molecule has 0 spiro atoms. The molecule has 2 aliphatic heterocycles. The number of carbonyl (C=O) groups excluding carboxylic acids is 1. The van der Waals surface area contributed by atoms with Crippen LogP contribution in [0.3, 0.4) is 0 Å². The number of rotatable bonds is 8. The van der Waals surface area contributed by atoms with E-state index < -0.39 is 6.04 Å². The predicted molar refractivity (Wildman–Crippen MR) is 137 cm³/mol. The lowest BCUT2D eigenvalue weighted by Crippen LogP contribution is -2.49. The lowest BCUT2D eigenvalue weighted by Gasteiger charge is -2.36. The highest BCUT2D eigenvalue weighted by Crippen LogP contribution is 2.42. The fraction of sp³-hybridized carbons (Fsp3) is 0.462. The van der Waals surface area contributed by atoms with Crippen LogP contribution in [0.4, 0.5) is 5.69 Å². The average Bonchev–Trinajstić information content (AvgIpc) is 3.02. The summed E-state index contributed by atoms with van der Waals surface area (Å²) >= 11 is 1.64. The number of piperazine rings is 1. The Morgan fingerprint density at radius 2 is 1.86 bits per heavy atom. The van der Waals surface area contributed by atoms with Gasteiger partial charge in [0.1, 0.15) is 24.2 Å². The number of benzene rings is 2. The molecule has 188 valence electrons. The van der Waals surface area contributed by atoms with Gasteiger partial charge in [-0.3, -0.25) is 9.69 Å². The van der Waals surface area contributed by atoms with Crippen molar-refractivity contribution in [3.63, 3.8) is 0 Å². The van der Waals surface area contributed by atoms with Crippen LogP contribution < -0.4 is 5.73 Å². The molecule has 1 saturated heterocycles. The first-order valence-electron chi connectivity index (χ1n) is 12.1. The minimum Gasteiger partial charge on any atom is -0.508 e. The fourth-order valence-electron chi connectivity index (χ4n) is 4.00. The normalized spacial score (nSPS) is 16.8. The summed E-state index contributed by atoms with van der Waals surface area (Å²) in [4.78, 5) is 23.6. The first-order chi connectivity index (χ1) is 16.9. The molecule has 4 rings (SSSR count). The van der Waals surface area contributed by atoms with E-state index in [-0.39, 0.29) is 24.2 Å². The number of hydrogen-bond acceptors (Lipinski definition) is 9. The highest BCUT2D eigenvalue weighted by atomic mass is 32.2. The van der Waals surface area contributed by atoms with Crippen LogP contribution in [0.2, 0.25) is 0 Å². The van der Waals surface area contributed by atoms with Crippen LogP contribution in [0.25, 0.3) is 0 Å². The predicted octanol–water partition coefficient (Wildman–Crippen LogP) is 3.10. The van der Waals surface area contributed by atoms with E-state index in [2.05, 4.69) is 21.9 Å². The van der Waals surface area contributed by atoms with Crippen LogP contribution >= 0.6 is 11.8 Å². The Morgan fingerprint density at radius 3 is 2.63 bits per heavy atom. The Hall–Kier alpha value is -2.59. The molecule has 0 aromatic heterocycles. The number of ether oxygens (including phenoxy) is 2. The van der Waals surface area contributed by atoms with E-state index in [9.17, 15) is 9.90 Å². The van der Waals surface area contributed by atoms with Gasteiger partial charge in [0.15, 0.2) is 0 Å². The van der Waals surface area contributed by atoms with Crippen LogP contribution in [-0.2, 0) is 14.3 Å². The number of nitrogens with two attached hydrogens (primary N) is 1. The summed E-state index contributed by atoms with van der Waals surface area (Å²) in [6.07, 6.45) is 0. The maximum Gasteiger partial charge on any atom is 0.323 e. The van der Waals surface area contributed by atoms with Gasteiger partial charge in [-0.15, -0.1) is 0 Å². The van der Waals surface area contributed by atoms with E-state index in [0.29, 0.717) is 13.2 Å². The molecule has 0 bridgehead atoms. The molecule has 8 nitrogen and oxygen atoms in total. The third kappa shape index (κ3) is 6.55. The highest BCUT2D eigenvalue weighted by molar-refractivity contribution is 7.99. The number of hydrogen-bond donors (Lipinski definition) is 2. The van der Waals surface area contributed by atoms with Crippen molar-refractivity contribution in [1.82, 2.24) is 9.80 Å². The van der Waals surface area contributed by atoms with Crippen molar-refractivity contribution in [2.75, 3.05) is 52.5 Å². The molecule has 0 radical (unpaired) electrons. The van der Waals surface area contributed by atoms with Crippen molar-refractivity contribution in [3.8, 4) is 5.75 Å². The second-order valence-corrected chi connectivity index (χ2v) is 10.1. The number of amidine groups is 1. The number of aliphatic imine (C=N–C) groups is 1. The molecule has 0 saturated carbocycles. The van der Waals surface area contributed by atoms with Gasteiger partial charge in [-0.2, -0.15) is 0 Å². The lowest BCUT2D eigenvalue weighted by atomic mass is 10.1. The quantitative estimate of drug-likeness (QED) is 0.423. The summed E-state index contributed by atoms with van der Waals surface area (Å²) in [6, 6.07) is 13.1. The molecule has 0 unspecified atom stereocenters. The molecule has 0 amide bonds. The first kappa shape index (κ1) is 25.5. The molecule has 35 heavy (non-hydrogen) atoms. The van der Waals surface area contributed by atoms with Gasteiger partial charge in [-0.25, -0.2) is 4.99 Å². The van der Waals surface area contributed by atoms with Crippen molar-refractivity contribution in [2.24, 2.45) is 16.6 Å². The SMILES string of the molecule is CC(C)[C@@H](N)C(=O)OCCOCCN1CCN(C2=Nc3ccc(O)cc3Sc3ccccc32)CC1. The van der Waals surface area contributed by atoms with Gasteiger partial charge in [0.2, 0.25) is 0 Å². The Kier molecular flexibility index (Phi) is 8.67. The summed E-state index contributed by atoms with van der Waals surface area (Å²) in [5.74, 6) is 0.914. The van der Waals surface area contributed by atoms with Crippen molar-refractivity contribution in [1.29, 1.82) is 0 Å². The second-order valence-electron chi connectivity index (χ2n) is 9.06. The van der Waals surface area contributed by atoms with Gasteiger partial charge in [0.25, 0.3) is 0 Å². The summed E-state index contributed by atoms with van der Waals surface area (Å²) < 4.78 is 10.8. The molecule has 3 N–H and O–H groups in total. The van der Waals surface area contributed by atoms with Crippen LogP contribution in [0, 0.1) is 5.92 Å². The van der Waals surface area contributed by atoms with Crippen LogP contribution in [-0.4, -0.2) is 85.3 Å². The topological polar surface area (TPSA) is 101 Å². The molecule has 2 heterocycles. The second kappa shape index (κ2) is 11.9. The number of carbonyl (C=O) groups is 1. The summed E-state index contributed by atoms with van der Waals surface area (Å²) in [5, 5.41) is 9.94. The zero-order chi connectivity index (χ0) is 24.8. The fourth-order valence-corrected chi connectivity index (χ4v) is 5.05. The van der Waals surface area contributed by atoms with E-state index in [0.717, 1.165) is 59.6 Å². The average molecular weight is 499 g/mol. The van der Waals surface area contributed by atoms with Gasteiger partial charge < -0.3 is 25.2 Å². The Balaban J connectivity index is 1.27. The van der Waals surface area contributed by atoms with Gasteiger partial charge in [-0.1, -0.05) is 43.8 Å². The summed E-state index contributed by atoms with van der Waals surface area (Å²) in [7, 11) is 0. The number of phenols is 1. The molecule has 1 fully saturated rings. The van der Waals surface area contributed by atoms with E-state index >= 15 is 0 Å². The maximum absolute atomic E-state index is 11.8. The number of nitrogens with zero attached hydrogens (tertiary/aromatic N) is 3. The van der Waals surface area contributed by atoms with Gasteiger partial charge >= 0.3 is 5.97 Å². The zero-order valence-electron chi connectivity index (χ0n) is 20.4. The molecule has 2 aliphatic rings. The summed E-state index contributed by atoms with van der Waals surface area (Å²) in [5.41, 5.74) is 7.78. The first-order valence-corrected chi connectivity index (χ1v) is 12.9. The van der Waals surface area contributed by atoms with E-state index in [1.807, 2.05) is 32.0 Å². The molecule has 2 aromatic carbocycles. The zero-order valence-corrected chi connectivity index (χ0v) is 21.2. The number of aromatic hydroxyl groups is 1. The highest BCUT2D eigenvalue weighted by Gasteiger charge is 2.25. The van der Waals surface area contributed by atoms with Gasteiger partial charge in [0, 0.05) is 48.1 Å². The van der Waals surface area contributed by atoms with Crippen LogP contribution in [0.5, 0.6) is 5.75 Å². The number of fused-ring (bicyclic) bond motifs is 2. The van der Waals surface area contributed by atoms with Crippen molar-refractivity contribution < 1.29 is 19.4 Å². The summed E-state index contributed by atoms with van der Waals surface area (Å²) in [6.45, 7) is 9.38.